The quantitative estimate of drug-likeness (QED) is 0.458. The molecule has 0 radical (unpaired) electrons. The summed E-state index contributed by atoms with van der Waals surface area (Å²) in [7, 11) is -1.39. The van der Waals surface area contributed by atoms with Crippen LogP contribution in [0.25, 0.3) is 22.2 Å². The van der Waals surface area contributed by atoms with Crippen molar-refractivity contribution < 1.29 is 9.00 Å². The van der Waals surface area contributed by atoms with Crippen molar-refractivity contribution >= 4 is 27.8 Å². The fourth-order valence-corrected chi connectivity index (χ4v) is 4.12. The number of fused-ring (bicyclic) bond motifs is 1. The van der Waals surface area contributed by atoms with Gasteiger partial charge >= 0.3 is 0 Å². The number of pyridine rings is 1. The first-order valence-electron chi connectivity index (χ1n) is 10.3. The Kier molecular flexibility index (Phi) is 6.00. The molecule has 0 fully saturated rings. The number of aromatic amines is 1. The van der Waals surface area contributed by atoms with E-state index in [2.05, 4.69) is 52.8 Å². The zero-order valence-electron chi connectivity index (χ0n) is 17.9. The Morgan fingerprint density at radius 1 is 1.03 bits per heavy atom. The number of carbonyl (C=O) groups excluding carboxylic acids is 1. The predicted molar refractivity (Wildman–Crippen MR) is 126 cm³/mol. The lowest BCUT2D eigenvalue weighted by atomic mass is 9.98. The Bertz CT molecular complexity index is 1280. The number of H-pyrrole nitrogens is 1. The standard InChI is InChI=1S/C25H25N3O2S/c1-4-31(30)28-25(29)22-12-8-11-19(26-22)15-21-20-13-16(2)17(3)14-23(20)27-24(21)18-9-6-5-7-10-18/h5-14,27H,4,15H2,1-3H3,(H,28,29). The van der Waals surface area contributed by atoms with Crippen molar-refractivity contribution in [2.75, 3.05) is 5.75 Å². The summed E-state index contributed by atoms with van der Waals surface area (Å²) in [6.07, 6.45) is 0.574. The number of rotatable bonds is 6. The number of aryl methyl sites for hydroxylation is 2. The SMILES string of the molecule is CCS(=O)NC(=O)c1cccc(Cc2c(-c3ccccc3)[nH]c3cc(C)c(C)cc23)n1. The third-order valence-corrected chi connectivity index (χ3v) is 6.39. The van der Waals surface area contributed by atoms with E-state index in [-0.39, 0.29) is 5.69 Å². The lowest BCUT2D eigenvalue weighted by molar-refractivity contribution is 0.0978. The van der Waals surface area contributed by atoms with Crippen molar-refractivity contribution in [2.24, 2.45) is 0 Å². The summed E-state index contributed by atoms with van der Waals surface area (Å²) < 4.78 is 14.2. The first-order valence-corrected chi connectivity index (χ1v) is 11.6. The second kappa shape index (κ2) is 8.86. The van der Waals surface area contributed by atoms with Crippen LogP contribution in [0.2, 0.25) is 0 Å². The minimum Gasteiger partial charge on any atom is -0.354 e. The second-order valence-electron chi connectivity index (χ2n) is 7.58. The molecular formula is C25H25N3O2S. The van der Waals surface area contributed by atoms with Crippen molar-refractivity contribution in [2.45, 2.75) is 27.2 Å². The molecule has 2 N–H and O–H groups in total. The molecule has 0 spiro atoms. The van der Waals surface area contributed by atoms with Gasteiger partial charge in [0.25, 0.3) is 5.91 Å². The lowest BCUT2D eigenvalue weighted by Crippen LogP contribution is -2.27. The highest BCUT2D eigenvalue weighted by molar-refractivity contribution is 7.83. The van der Waals surface area contributed by atoms with Crippen molar-refractivity contribution in [3.05, 3.63) is 88.7 Å². The van der Waals surface area contributed by atoms with Crippen LogP contribution in [0.1, 0.15) is 39.8 Å². The number of carbonyl (C=O) groups is 1. The fourth-order valence-electron chi connectivity index (χ4n) is 3.66. The number of benzene rings is 2. The minimum absolute atomic E-state index is 0.271. The van der Waals surface area contributed by atoms with Crippen molar-refractivity contribution in [3.8, 4) is 11.3 Å². The molecule has 0 saturated heterocycles. The highest BCUT2D eigenvalue weighted by Crippen LogP contribution is 2.33. The fraction of sp³-hybridized carbons (Fsp3) is 0.200. The van der Waals surface area contributed by atoms with Gasteiger partial charge in [-0.2, -0.15) is 0 Å². The van der Waals surface area contributed by atoms with Crippen molar-refractivity contribution in [1.29, 1.82) is 0 Å². The summed E-state index contributed by atoms with van der Waals surface area (Å²) in [6, 6.07) is 20.0. The van der Waals surface area contributed by atoms with E-state index in [4.69, 9.17) is 0 Å². The third-order valence-electron chi connectivity index (χ3n) is 5.45. The average molecular weight is 432 g/mol. The predicted octanol–water partition coefficient (Wildman–Crippen LogP) is 4.85. The number of aromatic nitrogens is 2. The number of nitrogens with one attached hydrogen (secondary N) is 2. The molecule has 31 heavy (non-hydrogen) atoms. The van der Waals surface area contributed by atoms with Crippen molar-refractivity contribution in [3.63, 3.8) is 0 Å². The summed E-state index contributed by atoms with van der Waals surface area (Å²) in [5, 5.41) is 1.16. The van der Waals surface area contributed by atoms with Crippen LogP contribution < -0.4 is 4.72 Å². The maximum atomic E-state index is 12.4. The van der Waals surface area contributed by atoms with Gasteiger partial charge in [-0.05, 0) is 60.4 Å². The Hall–Kier alpha value is -3.25. The van der Waals surface area contributed by atoms with Crippen molar-refractivity contribution in [1.82, 2.24) is 14.7 Å². The zero-order valence-corrected chi connectivity index (χ0v) is 18.7. The second-order valence-corrected chi connectivity index (χ2v) is 9.06. The highest BCUT2D eigenvalue weighted by Gasteiger charge is 2.17. The smallest absolute Gasteiger partial charge is 0.281 e. The van der Waals surface area contributed by atoms with Gasteiger partial charge in [0.15, 0.2) is 0 Å². The van der Waals surface area contributed by atoms with Crippen LogP contribution in [0.4, 0.5) is 0 Å². The molecule has 0 aliphatic rings. The van der Waals surface area contributed by atoms with Gasteiger partial charge in [-0.1, -0.05) is 43.3 Å². The molecule has 4 rings (SSSR count). The first kappa shape index (κ1) is 21.0. The number of hydrogen-bond donors (Lipinski definition) is 2. The van der Waals surface area contributed by atoms with E-state index in [0.717, 1.165) is 33.4 Å². The molecule has 0 aliphatic carbocycles. The van der Waals surface area contributed by atoms with E-state index in [0.29, 0.717) is 12.2 Å². The summed E-state index contributed by atoms with van der Waals surface area (Å²) >= 11 is 0. The summed E-state index contributed by atoms with van der Waals surface area (Å²) in [5.41, 5.74) is 7.92. The van der Waals surface area contributed by atoms with Gasteiger partial charge in [0.2, 0.25) is 0 Å². The van der Waals surface area contributed by atoms with Crippen LogP contribution in [0.15, 0.2) is 60.7 Å². The Labute approximate surface area is 184 Å². The highest BCUT2D eigenvalue weighted by atomic mass is 32.2. The molecule has 1 amide bonds. The van der Waals surface area contributed by atoms with Gasteiger partial charge < -0.3 is 4.98 Å². The normalized spacial score (nSPS) is 12.1. The molecule has 2 aromatic carbocycles. The first-order chi connectivity index (χ1) is 15.0. The van der Waals surface area contributed by atoms with Gasteiger partial charge in [0, 0.05) is 28.8 Å². The van der Waals surface area contributed by atoms with Crippen LogP contribution in [0, 0.1) is 13.8 Å². The van der Waals surface area contributed by atoms with E-state index >= 15 is 0 Å². The van der Waals surface area contributed by atoms with Gasteiger partial charge in [-0.3, -0.25) is 9.52 Å². The van der Waals surface area contributed by atoms with Crippen LogP contribution >= 0.6 is 0 Å². The van der Waals surface area contributed by atoms with E-state index in [1.807, 2.05) is 30.3 Å². The van der Waals surface area contributed by atoms with Crippen LogP contribution in [0.5, 0.6) is 0 Å². The molecule has 1 atom stereocenters. The zero-order chi connectivity index (χ0) is 22.0. The molecule has 0 saturated carbocycles. The van der Waals surface area contributed by atoms with Gasteiger partial charge in [-0.25, -0.2) is 9.19 Å². The lowest BCUT2D eigenvalue weighted by Gasteiger charge is -2.08. The summed E-state index contributed by atoms with van der Waals surface area (Å²) in [4.78, 5) is 20.5. The molecule has 2 heterocycles. The van der Waals surface area contributed by atoms with Gasteiger partial charge in [-0.15, -0.1) is 0 Å². The summed E-state index contributed by atoms with van der Waals surface area (Å²) in [5.74, 6) is -0.0596. The summed E-state index contributed by atoms with van der Waals surface area (Å²) in [6.45, 7) is 5.98. The van der Waals surface area contributed by atoms with E-state index in [1.54, 1.807) is 13.0 Å². The van der Waals surface area contributed by atoms with E-state index < -0.39 is 16.9 Å². The molecule has 4 aromatic rings. The maximum absolute atomic E-state index is 12.4. The Morgan fingerprint density at radius 2 is 1.77 bits per heavy atom. The van der Waals surface area contributed by atoms with Crippen LogP contribution in [0.3, 0.4) is 0 Å². The molecule has 158 valence electrons. The monoisotopic (exact) mass is 431 g/mol. The van der Waals surface area contributed by atoms with E-state index in [1.165, 1.54) is 11.1 Å². The average Bonchev–Trinajstić information content (AvgIpc) is 3.11. The minimum atomic E-state index is -1.39. The van der Waals surface area contributed by atoms with Crippen LogP contribution in [-0.2, 0) is 17.4 Å². The molecule has 5 nitrogen and oxygen atoms in total. The van der Waals surface area contributed by atoms with E-state index in [9.17, 15) is 9.00 Å². The number of hydrogen-bond acceptors (Lipinski definition) is 3. The third kappa shape index (κ3) is 4.44. The Morgan fingerprint density at radius 3 is 2.52 bits per heavy atom. The van der Waals surface area contributed by atoms with Gasteiger partial charge in [0.05, 0.1) is 5.69 Å². The molecule has 1 unspecified atom stereocenters. The van der Waals surface area contributed by atoms with Gasteiger partial charge in [0.1, 0.15) is 16.7 Å². The molecule has 0 aliphatic heterocycles. The topological polar surface area (TPSA) is 74.8 Å². The molecule has 6 heteroatoms. The number of nitrogens with zero attached hydrogens (tertiary/aromatic N) is 1. The molecular weight excluding hydrogens is 406 g/mol. The number of amides is 1. The maximum Gasteiger partial charge on any atom is 0.281 e. The molecule has 0 bridgehead atoms. The largest absolute Gasteiger partial charge is 0.354 e. The Balaban J connectivity index is 1.78. The molecule has 2 aromatic heterocycles. The van der Waals surface area contributed by atoms with Crippen LogP contribution in [-0.4, -0.2) is 25.8 Å².